The van der Waals surface area contributed by atoms with Gasteiger partial charge < -0.3 is 15.0 Å². The molecule has 0 radical (unpaired) electrons. The number of rotatable bonds is 4. The summed E-state index contributed by atoms with van der Waals surface area (Å²) >= 11 is 0. The number of hydrogen-bond donors (Lipinski definition) is 1. The molecule has 2 rings (SSSR count). The molecule has 1 atom stereocenters. The van der Waals surface area contributed by atoms with Crippen LogP contribution in [0.5, 0.6) is 0 Å². The molecule has 1 fully saturated rings. The lowest BCUT2D eigenvalue weighted by Gasteiger charge is -2.21. The zero-order valence-corrected chi connectivity index (χ0v) is 8.82. The van der Waals surface area contributed by atoms with Gasteiger partial charge in [0.2, 0.25) is 5.89 Å². The summed E-state index contributed by atoms with van der Waals surface area (Å²) in [6, 6.07) is 0. The predicted octanol–water partition coefficient (Wildman–Crippen LogP) is 1.03. The quantitative estimate of drug-likeness (QED) is 0.805. The molecule has 84 valence electrons. The Morgan fingerprint density at radius 1 is 1.40 bits per heavy atom. The fourth-order valence-electron chi connectivity index (χ4n) is 1.79. The van der Waals surface area contributed by atoms with Crippen molar-refractivity contribution < 1.29 is 9.26 Å². The molecule has 1 aromatic heterocycles. The summed E-state index contributed by atoms with van der Waals surface area (Å²) in [5.74, 6) is 1.25. The molecule has 1 aromatic rings. The second-order valence-corrected chi connectivity index (χ2v) is 3.84. The van der Waals surface area contributed by atoms with Crippen LogP contribution in [0.15, 0.2) is 4.52 Å². The Labute approximate surface area is 89.0 Å². The highest BCUT2D eigenvalue weighted by Gasteiger charge is 2.15. The van der Waals surface area contributed by atoms with Crippen LogP contribution in [0.4, 0.5) is 0 Å². The van der Waals surface area contributed by atoms with Crippen molar-refractivity contribution in [1.29, 1.82) is 0 Å². The summed E-state index contributed by atoms with van der Waals surface area (Å²) in [7, 11) is 0. The maximum absolute atomic E-state index is 5.62. The van der Waals surface area contributed by atoms with Gasteiger partial charge in [-0.1, -0.05) is 5.16 Å². The zero-order valence-electron chi connectivity index (χ0n) is 8.82. The smallest absolute Gasteiger partial charge is 0.226 e. The summed E-state index contributed by atoms with van der Waals surface area (Å²) < 4.78 is 10.7. The summed E-state index contributed by atoms with van der Waals surface area (Å²) in [5.41, 5.74) is 5.39. The predicted molar refractivity (Wildman–Crippen MR) is 54.1 cm³/mol. The molecule has 2 N–H and O–H groups in total. The Morgan fingerprint density at radius 2 is 2.33 bits per heavy atom. The fraction of sp³-hybridized carbons (Fsp3) is 0.800. The molecule has 0 spiro atoms. The molecule has 2 heterocycles. The van der Waals surface area contributed by atoms with Crippen LogP contribution in [0.2, 0.25) is 0 Å². The number of nitrogens with zero attached hydrogens (tertiary/aromatic N) is 2. The van der Waals surface area contributed by atoms with Gasteiger partial charge in [0.25, 0.3) is 0 Å². The first-order chi connectivity index (χ1) is 7.38. The molecule has 1 unspecified atom stereocenters. The third kappa shape index (κ3) is 3.00. The SMILES string of the molecule is NCc1noc(CCC2CCCCO2)n1. The lowest BCUT2D eigenvalue weighted by Crippen LogP contribution is -2.19. The molecule has 0 aromatic carbocycles. The summed E-state index contributed by atoms with van der Waals surface area (Å²) in [6.45, 7) is 1.23. The van der Waals surface area contributed by atoms with Crippen molar-refractivity contribution in [2.45, 2.75) is 44.8 Å². The van der Waals surface area contributed by atoms with E-state index in [-0.39, 0.29) is 0 Å². The van der Waals surface area contributed by atoms with E-state index in [2.05, 4.69) is 10.1 Å². The minimum absolute atomic E-state index is 0.337. The normalized spacial score (nSPS) is 21.8. The lowest BCUT2D eigenvalue weighted by atomic mass is 10.0. The Bertz CT molecular complexity index is 295. The van der Waals surface area contributed by atoms with Gasteiger partial charge in [-0.15, -0.1) is 0 Å². The number of nitrogens with two attached hydrogens (primary N) is 1. The molecular weight excluding hydrogens is 194 g/mol. The van der Waals surface area contributed by atoms with Gasteiger partial charge in [-0.2, -0.15) is 4.98 Å². The van der Waals surface area contributed by atoms with Crippen LogP contribution in [-0.4, -0.2) is 22.9 Å². The van der Waals surface area contributed by atoms with Gasteiger partial charge in [-0.05, 0) is 25.7 Å². The average molecular weight is 211 g/mol. The van der Waals surface area contributed by atoms with Crippen molar-refractivity contribution in [2.75, 3.05) is 6.61 Å². The van der Waals surface area contributed by atoms with E-state index in [1.807, 2.05) is 0 Å². The number of hydrogen-bond acceptors (Lipinski definition) is 5. The lowest BCUT2D eigenvalue weighted by molar-refractivity contribution is 0.0104. The van der Waals surface area contributed by atoms with E-state index in [1.165, 1.54) is 12.8 Å². The molecule has 15 heavy (non-hydrogen) atoms. The van der Waals surface area contributed by atoms with Crippen molar-refractivity contribution >= 4 is 0 Å². The highest BCUT2D eigenvalue weighted by molar-refractivity contribution is 4.86. The molecule has 1 aliphatic heterocycles. The van der Waals surface area contributed by atoms with Crippen LogP contribution in [-0.2, 0) is 17.7 Å². The monoisotopic (exact) mass is 211 g/mol. The Kier molecular flexibility index (Phi) is 3.69. The van der Waals surface area contributed by atoms with Crippen LogP contribution < -0.4 is 5.73 Å². The van der Waals surface area contributed by atoms with Crippen molar-refractivity contribution in [3.63, 3.8) is 0 Å². The highest BCUT2D eigenvalue weighted by atomic mass is 16.5. The van der Waals surface area contributed by atoms with Crippen molar-refractivity contribution in [2.24, 2.45) is 5.73 Å². The average Bonchev–Trinajstić information content (AvgIpc) is 2.76. The van der Waals surface area contributed by atoms with Crippen LogP contribution in [0, 0.1) is 0 Å². The van der Waals surface area contributed by atoms with Gasteiger partial charge >= 0.3 is 0 Å². The number of aromatic nitrogens is 2. The van der Waals surface area contributed by atoms with Gasteiger partial charge in [0.05, 0.1) is 12.6 Å². The van der Waals surface area contributed by atoms with E-state index in [9.17, 15) is 0 Å². The van der Waals surface area contributed by atoms with Crippen molar-refractivity contribution in [3.8, 4) is 0 Å². The van der Waals surface area contributed by atoms with Crippen LogP contribution in [0.25, 0.3) is 0 Å². The molecule has 5 nitrogen and oxygen atoms in total. The molecular formula is C10H17N3O2. The fourth-order valence-corrected chi connectivity index (χ4v) is 1.79. The van der Waals surface area contributed by atoms with E-state index in [0.29, 0.717) is 24.4 Å². The Hall–Kier alpha value is -0.940. The number of aryl methyl sites for hydroxylation is 1. The zero-order chi connectivity index (χ0) is 10.5. The third-order valence-corrected chi connectivity index (χ3v) is 2.65. The van der Waals surface area contributed by atoms with Crippen LogP contribution in [0.1, 0.15) is 37.4 Å². The van der Waals surface area contributed by atoms with Crippen molar-refractivity contribution in [1.82, 2.24) is 10.1 Å². The first-order valence-corrected chi connectivity index (χ1v) is 5.51. The number of ether oxygens (including phenoxy) is 1. The largest absolute Gasteiger partial charge is 0.378 e. The van der Waals surface area contributed by atoms with E-state index in [0.717, 1.165) is 25.9 Å². The standard InChI is InChI=1S/C10H17N3O2/c11-7-9-12-10(15-13-9)5-4-8-3-1-2-6-14-8/h8H,1-7,11H2. The van der Waals surface area contributed by atoms with Crippen LogP contribution >= 0.6 is 0 Å². The van der Waals surface area contributed by atoms with Crippen molar-refractivity contribution in [3.05, 3.63) is 11.7 Å². The third-order valence-electron chi connectivity index (χ3n) is 2.65. The first-order valence-electron chi connectivity index (χ1n) is 5.51. The first kappa shape index (κ1) is 10.6. The van der Waals surface area contributed by atoms with Gasteiger partial charge in [0.1, 0.15) is 0 Å². The molecule has 0 bridgehead atoms. The molecule has 0 aliphatic carbocycles. The molecule has 0 saturated carbocycles. The molecule has 1 aliphatic rings. The summed E-state index contributed by atoms with van der Waals surface area (Å²) in [4.78, 5) is 4.15. The van der Waals surface area contributed by atoms with E-state index < -0.39 is 0 Å². The molecule has 0 amide bonds. The summed E-state index contributed by atoms with van der Waals surface area (Å²) in [6.07, 6.45) is 5.73. The van der Waals surface area contributed by atoms with Gasteiger partial charge in [-0.25, -0.2) is 0 Å². The minimum atomic E-state index is 0.337. The second kappa shape index (κ2) is 5.23. The van der Waals surface area contributed by atoms with Crippen LogP contribution in [0.3, 0.4) is 0 Å². The van der Waals surface area contributed by atoms with Gasteiger partial charge in [0, 0.05) is 13.0 Å². The topological polar surface area (TPSA) is 74.2 Å². The summed E-state index contributed by atoms with van der Waals surface area (Å²) in [5, 5.41) is 3.75. The highest BCUT2D eigenvalue weighted by Crippen LogP contribution is 2.17. The van der Waals surface area contributed by atoms with Gasteiger partial charge in [-0.3, -0.25) is 0 Å². The van der Waals surface area contributed by atoms with E-state index >= 15 is 0 Å². The molecule has 1 saturated heterocycles. The van der Waals surface area contributed by atoms with E-state index in [1.54, 1.807) is 0 Å². The maximum Gasteiger partial charge on any atom is 0.226 e. The Morgan fingerprint density at radius 3 is 3.00 bits per heavy atom. The Balaban J connectivity index is 1.76. The van der Waals surface area contributed by atoms with E-state index in [4.69, 9.17) is 15.0 Å². The molecule has 5 heteroatoms. The second-order valence-electron chi connectivity index (χ2n) is 3.84. The maximum atomic E-state index is 5.62. The van der Waals surface area contributed by atoms with Gasteiger partial charge in [0.15, 0.2) is 5.82 Å². The minimum Gasteiger partial charge on any atom is -0.378 e.